The highest BCUT2D eigenvalue weighted by Gasteiger charge is 2.50. The molecule has 0 aromatic heterocycles. The van der Waals surface area contributed by atoms with Crippen molar-refractivity contribution in [3.05, 3.63) is 35.9 Å². The van der Waals surface area contributed by atoms with Gasteiger partial charge < -0.3 is 9.26 Å². The number of hydrogen-bond acceptors (Lipinski definition) is 5. The fraction of sp³-hybridized carbons (Fsp3) is 0.727. The summed E-state index contributed by atoms with van der Waals surface area (Å²) in [6.07, 6.45) is -0.109. The van der Waals surface area contributed by atoms with Crippen LogP contribution in [0.2, 0.25) is 0 Å². The smallest absolute Gasteiger partial charge is 0.247 e. The van der Waals surface area contributed by atoms with Crippen molar-refractivity contribution in [2.75, 3.05) is 19.6 Å². The number of hydrogen-bond donors (Lipinski definition) is 0. The van der Waals surface area contributed by atoms with Crippen LogP contribution in [0.4, 0.5) is 0 Å². The third kappa shape index (κ3) is 6.96. The zero-order valence-corrected chi connectivity index (χ0v) is 20.1. The first-order chi connectivity index (χ1) is 12.9. The second-order valence-corrected chi connectivity index (χ2v) is 11.6. The van der Waals surface area contributed by atoms with Crippen molar-refractivity contribution in [1.29, 1.82) is 0 Å². The number of rotatable bonds is 10. The van der Waals surface area contributed by atoms with Crippen LogP contribution in [-0.2, 0) is 18.7 Å². The van der Waals surface area contributed by atoms with Gasteiger partial charge in [0, 0.05) is 12.1 Å². The monoisotopic (exact) mass is 413 g/mol. The molecule has 162 valence electrons. The minimum Gasteiger partial charge on any atom is -0.372 e. The largest absolute Gasteiger partial charge is 0.372 e. The Bertz CT molecular complexity index is 622. The SMILES string of the molecule is CCOCP(=O)(OCC)C(N(OC(C)c1ccccc1)C(C)(C)C)C(C)(C)C. The fourth-order valence-electron chi connectivity index (χ4n) is 3.26. The van der Waals surface area contributed by atoms with Gasteiger partial charge in [-0.15, -0.1) is 0 Å². The van der Waals surface area contributed by atoms with E-state index in [1.165, 1.54) is 0 Å². The highest BCUT2D eigenvalue weighted by atomic mass is 31.2. The van der Waals surface area contributed by atoms with Crippen molar-refractivity contribution in [3.8, 4) is 0 Å². The van der Waals surface area contributed by atoms with Crippen LogP contribution < -0.4 is 0 Å². The van der Waals surface area contributed by atoms with Gasteiger partial charge in [-0.3, -0.25) is 9.40 Å². The lowest BCUT2D eigenvalue weighted by Gasteiger charge is -2.49. The van der Waals surface area contributed by atoms with E-state index in [1.807, 2.05) is 56.2 Å². The van der Waals surface area contributed by atoms with Gasteiger partial charge in [-0.25, -0.2) is 0 Å². The van der Waals surface area contributed by atoms with Gasteiger partial charge in [-0.05, 0) is 52.5 Å². The van der Waals surface area contributed by atoms with Crippen LogP contribution in [0.1, 0.15) is 74.0 Å². The Balaban J connectivity index is 3.39. The molecule has 6 heteroatoms. The van der Waals surface area contributed by atoms with Crippen molar-refractivity contribution in [1.82, 2.24) is 5.06 Å². The Labute approximate surface area is 172 Å². The molecule has 0 saturated heterocycles. The molecular formula is C22H40NO4P. The lowest BCUT2D eigenvalue weighted by Crippen LogP contribution is -2.53. The molecule has 1 aromatic rings. The van der Waals surface area contributed by atoms with Crippen LogP contribution in [-0.4, -0.2) is 35.9 Å². The fourth-order valence-corrected chi connectivity index (χ4v) is 6.39. The topological polar surface area (TPSA) is 48.0 Å². The third-order valence-electron chi connectivity index (χ3n) is 4.39. The predicted molar refractivity (Wildman–Crippen MR) is 117 cm³/mol. The van der Waals surface area contributed by atoms with E-state index in [1.54, 1.807) is 0 Å². The Morgan fingerprint density at radius 2 is 1.57 bits per heavy atom. The molecule has 0 heterocycles. The van der Waals surface area contributed by atoms with Crippen LogP contribution in [0.3, 0.4) is 0 Å². The summed E-state index contributed by atoms with van der Waals surface area (Å²) in [5.41, 5.74) is 0.325. The predicted octanol–water partition coefficient (Wildman–Crippen LogP) is 6.46. The summed E-state index contributed by atoms with van der Waals surface area (Å²) in [6.45, 7) is 19.1. The highest BCUT2D eigenvalue weighted by molar-refractivity contribution is 7.59. The van der Waals surface area contributed by atoms with Gasteiger partial charge in [-0.1, -0.05) is 51.1 Å². The van der Waals surface area contributed by atoms with Gasteiger partial charge in [0.25, 0.3) is 0 Å². The molecule has 5 nitrogen and oxygen atoms in total. The quantitative estimate of drug-likeness (QED) is 0.325. The molecule has 1 rings (SSSR count). The minimum absolute atomic E-state index is 0.0783. The van der Waals surface area contributed by atoms with Gasteiger partial charge >= 0.3 is 0 Å². The second-order valence-electron chi connectivity index (χ2n) is 9.16. The van der Waals surface area contributed by atoms with E-state index in [2.05, 4.69) is 41.5 Å². The molecule has 0 spiro atoms. The lowest BCUT2D eigenvalue weighted by molar-refractivity contribution is -0.263. The first-order valence-corrected chi connectivity index (χ1v) is 12.1. The summed E-state index contributed by atoms with van der Waals surface area (Å²) >= 11 is 0. The zero-order valence-electron chi connectivity index (χ0n) is 19.2. The van der Waals surface area contributed by atoms with Crippen molar-refractivity contribution in [2.45, 2.75) is 79.7 Å². The molecule has 0 N–H and O–H groups in total. The van der Waals surface area contributed by atoms with Gasteiger partial charge in [0.2, 0.25) is 7.37 Å². The average Bonchev–Trinajstić information content (AvgIpc) is 2.58. The Morgan fingerprint density at radius 3 is 2.00 bits per heavy atom. The third-order valence-corrected chi connectivity index (χ3v) is 7.36. The zero-order chi connectivity index (χ0) is 21.6. The van der Waals surface area contributed by atoms with Crippen LogP contribution in [0.5, 0.6) is 0 Å². The molecule has 0 aliphatic rings. The molecule has 0 amide bonds. The Kier molecular flexibility index (Phi) is 9.37. The summed E-state index contributed by atoms with van der Waals surface area (Å²) in [5, 5.41) is 1.89. The summed E-state index contributed by atoms with van der Waals surface area (Å²) < 4.78 is 25.6. The normalized spacial score (nSPS) is 17.4. The molecule has 0 radical (unpaired) electrons. The molecule has 0 saturated carbocycles. The molecule has 28 heavy (non-hydrogen) atoms. The number of hydroxylamine groups is 2. The molecule has 3 atom stereocenters. The first-order valence-electron chi connectivity index (χ1n) is 10.2. The number of nitrogens with zero attached hydrogens (tertiary/aromatic N) is 1. The number of ether oxygens (including phenoxy) is 1. The average molecular weight is 414 g/mol. The first kappa shape index (κ1) is 25.3. The van der Waals surface area contributed by atoms with E-state index in [-0.39, 0.29) is 23.4 Å². The van der Waals surface area contributed by atoms with Crippen LogP contribution in [0.25, 0.3) is 0 Å². The Morgan fingerprint density at radius 1 is 1.00 bits per heavy atom. The van der Waals surface area contributed by atoms with E-state index in [0.717, 1.165) is 5.56 Å². The van der Waals surface area contributed by atoms with Crippen LogP contribution in [0, 0.1) is 5.41 Å². The highest BCUT2D eigenvalue weighted by Crippen LogP contribution is 2.60. The van der Waals surface area contributed by atoms with E-state index in [9.17, 15) is 4.57 Å². The van der Waals surface area contributed by atoms with Crippen molar-refractivity contribution in [3.63, 3.8) is 0 Å². The molecule has 0 aliphatic heterocycles. The van der Waals surface area contributed by atoms with E-state index in [4.69, 9.17) is 14.1 Å². The van der Waals surface area contributed by atoms with E-state index in [0.29, 0.717) is 13.2 Å². The molecular weight excluding hydrogens is 373 g/mol. The van der Waals surface area contributed by atoms with Gasteiger partial charge in [0.1, 0.15) is 18.2 Å². The maximum Gasteiger partial charge on any atom is 0.247 e. The second kappa shape index (κ2) is 10.4. The Hall–Kier alpha value is -0.710. The van der Waals surface area contributed by atoms with Crippen LogP contribution in [0.15, 0.2) is 30.3 Å². The maximum absolute atomic E-state index is 14.1. The van der Waals surface area contributed by atoms with Gasteiger partial charge in [0.15, 0.2) is 0 Å². The van der Waals surface area contributed by atoms with Crippen molar-refractivity contribution >= 4 is 7.37 Å². The van der Waals surface area contributed by atoms with Gasteiger partial charge in [-0.2, -0.15) is 5.06 Å². The van der Waals surface area contributed by atoms with Gasteiger partial charge in [0.05, 0.1) is 6.61 Å². The molecule has 1 aromatic carbocycles. The minimum atomic E-state index is -3.19. The molecule has 0 fully saturated rings. The number of benzene rings is 1. The summed E-state index contributed by atoms with van der Waals surface area (Å²) in [4.78, 5) is 6.49. The lowest BCUT2D eigenvalue weighted by atomic mass is 9.94. The van der Waals surface area contributed by atoms with Crippen molar-refractivity contribution < 1.29 is 18.7 Å². The standard InChI is InChI=1S/C22H40NO4P/c1-10-25-17-28(24,26-11-2)20(21(4,5)6)23(22(7,8)9)27-18(3)19-15-13-12-14-16-19/h12-16,18,20H,10-11,17H2,1-9H3. The van der Waals surface area contributed by atoms with E-state index >= 15 is 0 Å². The molecule has 3 unspecified atom stereocenters. The molecule has 0 bridgehead atoms. The van der Waals surface area contributed by atoms with Crippen molar-refractivity contribution in [2.24, 2.45) is 5.41 Å². The maximum atomic E-state index is 14.1. The summed E-state index contributed by atoms with van der Waals surface area (Å²) in [5.74, 6) is -0.460. The van der Waals surface area contributed by atoms with E-state index < -0.39 is 13.2 Å². The van der Waals surface area contributed by atoms with Crippen LogP contribution >= 0.6 is 7.37 Å². The summed E-state index contributed by atoms with van der Waals surface area (Å²) in [7, 11) is -3.19. The summed E-state index contributed by atoms with van der Waals surface area (Å²) in [6, 6.07) is 10.1. The molecule has 0 aliphatic carbocycles.